The van der Waals surface area contributed by atoms with E-state index in [1.54, 1.807) is 16.4 Å². The van der Waals surface area contributed by atoms with Crippen LogP contribution in [0.5, 0.6) is 0 Å². The third kappa shape index (κ3) is 5.11. The van der Waals surface area contributed by atoms with Crippen LogP contribution in [0.25, 0.3) is 0 Å². The fourth-order valence-corrected chi connectivity index (χ4v) is 8.23. The van der Waals surface area contributed by atoms with Gasteiger partial charge in [0.25, 0.3) is 5.91 Å². The van der Waals surface area contributed by atoms with Crippen molar-refractivity contribution < 1.29 is 18.0 Å². The Balaban J connectivity index is 1.49. The first-order chi connectivity index (χ1) is 16.8. The standard InChI is InChI=1S/C28H35N3O4S/c1-6-25(32)29-23-17-27(2,3)31(28(4,5)18-23)36(34,35)24-13-11-19(12-14-24)26(33)30-22-15-20-9-7-8-10-21(20)16-22/h6-14,22-23H,1,15-18H2,2-5H3,(H,29,32)(H,30,33). The summed E-state index contributed by atoms with van der Waals surface area (Å²) >= 11 is 0. The van der Waals surface area contributed by atoms with Crippen LogP contribution in [0.2, 0.25) is 0 Å². The molecule has 2 aliphatic rings. The van der Waals surface area contributed by atoms with E-state index in [2.05, 4.69) is 29.3 Å². The molecule has 2 aromatic rings. The van der Waals surface area contributed by atoms with Gasteiger partial charge in [-0.2, -0.15) is 4.31 Å². The van der Waals surface area contributed by atoms with Crippen molar-refractivity contribution in [1.82, 2.24) is 14.9 Å². The maximum absolute atomic E-state index is 13.8. The van der Waals surface area contributed by atoms with E-state index in [1.807, 2.05) is 39.8 Å². The fourth-order valence-electron chi connectivity index (χ4n) is 6.09. The third-order valence-electron chi connectivity index (χ3n) is 7.16. The molecule has 2 amide bonds. The van der Waals surface area contributed by atoms with Gasteiger partial charge in [-0.15, -0.1) is 0 Å². The van der Waals surface area contributed by atoms with Gasteiger partial charge in [0.05, 0.1) is 4.90 Å². The molecule has 0 aromatic heterocycles. The second kappa shape index (κ2) is 9.48. The Morgan fingerprint density at radius 2 is 1.42 bits per heavy atom. The number of rotatable bonds is 6. The average Bonchev–Trinajstić information content (AvgIpc) is 3.19. The Labute approximate surface area is 214 Å². The minimum Gasteiger partial charge on any atom is -0.350 e. The van der Waals surface area contributed by atoms with Crippen LogP contribution in [-0.4, -0.2) is 47.7 Å². The maximum Gasteiger partial charge on any atom is 0.251 e. The van der Waals surface area contributed by atoms with E-state index < -0.39 is 21.1 Å². The number of carbonyl (C=O) groups excluding carboxylic acids is 2. The van der Waals surface area contributed by atoms with Gasteiger partial charge in [-0.3, -0.25) is 9.59 Å². The molecule has 1 aliphatic heterocycles. The summed E-state index contributed by atoms with van der Waals surface area (Å²) < 4.78 is 29.2. The molecule has 1 fully saturated rings. The van der Waals surface area contributed by atoms with E-state index in [4.69, 9.17) is 0 Å². The SMILES string of the molecule is C=CC(=O)NC1CC(C)(C)N(S(=O)(=O)c2ccc(C(=O)NC3Cc4ccccc4C3)cc2)C(C)(C)C1. The molecule has 1 heterocycles. The Bertz CT molecular complexity index is 1240. The molecule has 7 nitrogen and oxygen atoms in total. The summed E-state index contributed by atoms with van der Waals surface area (Å²) in [6.07, 6.45) is 3.76. The highest BCUT2D eigenvalue weighted by molar-refractivity contribution is 7.89. The predicted octanol–water partition coefficient (Wildman–Crippen LogP) is 3.60. The Morgan fingerprint density at radius 3 is 1.92 bits per heavy atom. The summed E-state index contributed by atoms with van der Waals surface area (Å²) in [5.74, 6) is -0.477. The number of fused-ring (bicyclic) bond motifs is 1. The highest BCUT2D eigenvalue weighted by Gasteiger charge is 2.51. The van der Waals surface area contributed by atoms with Crippen LogP contribution in [0.15, 0.2) is 66.1 Å². The van der Waals surface area contributed by atoms with Crippen LogP contribution in [0.3, 0.4) is 0 Å². The number of benzene rings is 2. The van der Waals surface area contributed by atoms with Crippen molar-refractivity contribution in [2.75, 3.05) is 0 Å². The fraction of sp³-hybridized carbons (Fsp3) is 0.429. The minimum atomic E-state index is -3.87. The molecule has 1 aliphatic carbocycles. The number of nitrogens with zero attached hydrogens (tertiary/aromatic N) is 1. The lowest BCUT2D eigenvalue weighted by molar-refractivity contribution is -0.118. The normalized spacial score (nSPS) is 19.9. The third-order valence-corrected chi connectivity index (χ3v) is 9.50. The molecule has 0 saturated carbocycles. The summed E-state index contributed by atoms with van der Waals surface area (Å²) in [4.78, 5) is 24.9. The highest BCUT2D eigenvalue weighted by Crippen LogP contribution is 2.42. The topological polar surface area (TPSA) is 95.6 Å². The van der Waals surface area contributed by atoms with Gasteiger partial charge < -0.3 is 10.6 Å². The van der Waals surface area contributed by atoms with Gasteiger partial charge in [0.2, 0.25) is 15.9 Å². The molecule has 1 saturated heterocycles. The zero-order chi connectivity index (χ0) is 26.3. The van der Waals surface area contributed by atoms with E-state index in [0.717, 1.165) is 12.8 Å². The van der Waals surface area contributed by atoms with Gasteiger partial charge in [-0.25, -0.2) is 8.42 Å². The first-order valence-electron chi connectivity index (χ1n) is 12.3. The zero-order valence-electron chi connectivity index (χ0n) is 21.4. The summed E-state index contributed by atoms with van der Waals surface area (Å²) in [7, 11) is -3.87. The zero-order valence-corrected chi connectivity index (χ0v) is 22.2. The van der Waals surface area contributed by atoms with Gasteiger partial charge in [0.1, 0.15) is 0 Å². The summed E-state index contributed by atoms with van der Waals surface area (Å²) in [5, 5.41) is 6.00. The molecule has 36 heavy (non-hydrogen) atoms. The number of hydrogen-bond acceptors (Lipinski definition) is 4. The van der Waals surface area contributed by atoms with E-state index in [9.17, 15) is 18.0 Å². The summed E-state index contributed by atoms with van der Waals surface area (Å²) in [6, 6.07) is 14.2. The Kier molecular flexibility index (Phi) is 6.88. The van der Waals surface area contributed by atoms with Crippen molar-refractivity contribution in [3.8, 4) is 0 Å². The van der Waals surface area contributed by atoms with Crippen LogP contribution in [0.1, 0.15) is 62.0 Å². The van der Waals surface area contributed by atoms with Crippen LogP contribution in [-0.2, 0) is 27.7 Å². The molecule has 2 aromatic carbocycles. The maximum atomic E-state index is 13.8. The van der Waals surface area contributed by atoms with Crippen LogP contribution in [0.4, 0.5) is 0 Å². The molecular weight excluding hydrogens is 474 g/mol. The molecule has 8 heteroatoms. The highest BCUT2D eigenvalue weighted by atomic mass is 32.2. The monoisotopic (exact) mass is 509 g/mol. The van der Waals surface area contributed by atoms with Gasteiger partial charge in [0, 0.05) is 28.7 Å². The molecule has 4 rings (SSSR count). The number of hydrogen-bond donors (Lipinski definition) is 2. The average molecular weight is 510 g/mol. The van der Waals surface area contributed by atoms with Crippen molar-refractivity contribution in [2.24, 2.45) is 0 Å². The van der Waals surface area contributed by atoms with Gasteiger partial charge >= 0.3 is 0 Å². The lowest BCUT2D eigenvalue weighted by Gasteiger charge is -2.53. The van der Waals surface area contributed by atoms with Crippen molar-refractivity contribution in [3.05, 3.63) is 77.9 Å². The second-order valence-electron chi connectivity index (χ2n) is 11.1. The second-order valence-corrected chi connectivity index (χ2v) is 12.9. The van der Waals surface area contributed by atoms with E-state index in [-0.39, 0.29) is 28.8 Å². The van der Waals surface area contributed by atoms with E-state index in [0.29, 0.717) is 18.4 Å². The van der Waals surface area contributed by atoms with Gasteiger partial charge in [-0.1, -0.05) is 30.8 Å². The van der Waals surface area contributed by atoms with Crippen molar-refractivity contribution >= 4 is 21.8 Å². The Hall–Kier alpha value is -2.97. The number of nitrogens with one attached hydrogen (secondary N) is 2. The van der Waals surface area contributed by atoms with Crippen molar-refractivity contribution in [1.29, 1.82) is 0 Å². The number of carbonyl (C=O) groups is 2. The lowest BCUT2D eigenvalue weighted by Crippen LogP contribution is -2.65. The van der Waals surface area contributed by atoms with Crippen LogP contribution < -0.4 is 10.6 Å². The molecule has 2 N–H and O–H groups in total. The van der Waals surface area contributed by atoms with E-state index >= 15 is 0 Å². The minimum absolute atomic E-state index is 0.0304. The van der Waals surface area contributed by atoms with E-state index in [1.165, 1.54) is 29.3 Å². The molecule has 192 valence electrons. The molecule has 0 spiro atoms. The predicted molar refractivity (Wildman–Crippen MR) is 140 cm³/mol. The van der Waals surface area contributed by atoms with Crippen molar-refractivity contribution in [3.63, 3.8) is 0 Å². The first-order valence-corrected chi connectivity index (χ1v) is 13.7. The Morgan fingerprint density at radius 1 is 0.889 bits per heavy atom. The quantitative estimate of drug-likeness (QED) is 0.582. The number of amides is 2. The first kappa shape index (κ1) is 26.1. The largest absolute Gasteiger partial charge is 0.350 e. The molecule has 0 atom stereocenters. The molecule has 0 unspecified atom stereocenters. The molecular formula is C28H35N3O4S. The lowest BCUT2D eigenvalue weighted by atomic mass is 9.79. The smallest absolute Gasteiger partial charge is 0.251 e. The number of piperidine rings is 1. The number of sulfonamides is 1. The van der Waals surface area contributed by atoms with Crippen LogP contribution in [0, 0.1) is 0 Å². The molecule has 0 radical (unpaired) electrons. The van der Waals surface area contributed by atoms with Crippen LogP contribution >= 0.6 is 0 Å². The van der Waals surface area contributed by atoms with Gasteiger partial charge in [0.15, 0.2) is 0 Å². The van der Waals surface area contributed by atoms with Crippen molar-refractivity contribution in [2.45, 2.75) is 81.4 Å². The van der Waals surface area contributed by atoms with Gasteiger partial charge in [-0.05, 0) is 94.8 Å². The molecule has 0 bridgehead atoms. The summed E-state index contributed by atoms with van der Waals surface area (Å²) in [5.41, 5.74) is 1.44. The summed E-state index contributed by atoms with van der Waals surface area (Å²) in [6.45, 7) is 11.0.